The van der Waals surface area contributed by atoms with Crippen LogP contribution in [0.2, 0.25) is 0 Å². The van der Waals surface area contributed by atoms with Crippen molar-refractivity contribution >= 4 is 5.91 Å². The zero-order chi connectivity index (χ0) is 23.8. The van der Waals surface area contributed by atoms with Gasteiger partial charge < -0.3 is 9.64 Å². The molecule has 0 unspecified atom stereocenters. The Morgan fingerprint density at radius 2 is 1.79 bits per heavy atom. The maximum absolute atomic E-state index is 13.0. The Labute approximate surface area is 204 Å². The van der Waals surface area contributed by atoms with E-state index in [0.29, 0.717) is 12.5 Å². The molecule has 0 radical (unpaired) electrons. The van der Waals surface area contributed by atoms with Gasteiger partial charge in [-0.1, -0.05) is 48.5 Å². The monoisotopic (exact) mass is 456 g/mol. The molecule has 1 heterocycles. The Morgan fingerprint density at radius 3 is 2.47 bits per heavy atom. The Kier molecular flexibility index (Phi) is 8.55. The zero-order valence-corrected chi connectivity index (χ0v) is 20.1. The van der Waals surface area contributed by atoms with Crippen molar-refractivity contribution in [3.63, 3.8) is 0 Å². The van der Waals surface area contributed by atoms with E-state index >= 15 is 0 Å². The van der Waals surface area contributed by atoms with Crippen molar-refractivity contribution in [3.05, 3.63) is 83.9 Å². The highest BCUT2D eigenvalue weighted by atomic mass is 16.5. The number of ether oxygens (including phenoxy) is 1. The van der Waals surface area contributed by atoms with Crippen molar-refractivity contribution in [2.24, 2.45) is 5.92 Å². The van der Waals surface area contributed by atoms with E-state index in [1.165, 1.54) is 11.1 Å². The number of hydrogen-bond donors (Lipinski definition) is 0. The third kappa shape index (κ3) is 6.15. The summed E-state index contributed by atoms with van der Waals surface area (Å²) >= 11 is 0. The minimum absolute atomic E-state index is 0.0509. The molecule has 0 N–H and O–H groups in total. The first-order valence-corrected chi connectivity index (χ1v) is 12.7. The largest absolute Gasteiger partial charge is 0.376 e. The summed E-state index contributed by atoms with van der Waals surface area (Å²) < 4.78 is 6.39. The number of amides is 1. The third-order valence-corrected chi connectivity index (χ3v) is 7.50. The summed E-state index contributed by atoms with van der Waals surface area (Å²) in [5.41, 5.74) is 3.37. The fourth-order valence-electron chi connectivity index (χ4n) is 5.56. The SMILES string of the molecule is C=CC[C@@H]1C[C@@H](CO[C@H]2CC[C@H](c3ccc(C#N)cc3)CC2)N(CCCc2ccccc2)C1=O. The maximum atomic E-state index is 13.0. The lowest BCUT2D eigenvalue weighted by Gasteiger charge is -2.31. The van der Waals surface area contributed by atoms with Gasteiger partial charge in [-0.05, 0) is 80.5 Å². The summed E-state index contributed by atoms with van der Waals surface area (Å²) in [4.78, 5) is 15.1. The highest BCUT2D eigenvalue weighted by molar-refractivity contribution is 5.81. The number of nitrogens with zero attached hydrogens (tertiary/aromatic N) is 2. The van der Waals surface area contributed by atoms with Crippen LogP contribution in [0.25, 0.3) is 0 Å². The number of allylic oxidation sites excluding steroid dienone is 1. The first-order valence-electron chi connectivity index (χ1n) is 12.7. The lowest BCUT2D eigenvalue weighted by atomic mass is 9.82. The van der Waals surface area contributed by atoms with E-state index in [1.807, 2.05) is 24.3 Å². The van der Waals surface area contributed by atoms with Crippen LogP contribution in [0.3, 0.4) is 0 Å². The molecule has 1 aliphatic carbocycles. The molecule has 4 heteroatoms. The van der Waals surface area contributed by atoms with Gasteiger partial charge in [-0.15, -0.1) is 6.58 Å². The minimum Gasteiger partial charge on any atom is -0.376 e. The summed E-state index contributed by atoms with van der Waals surface area (Å²) in [6, 6.07) is 20.9. The second-order valence-corrected chi connectivity index (χ2v) is 9.77. The number of rotatable bonds is 10. The van der Waals surface area contributed by atoms with Gasteiger partial charge in [0, 0.05) is 12.5 Å². The van der Waals surface area contributed by atoms with Crippen LogP contribution in [0.1, 0.15) is 67.6 Å². The van der Waals surface area contributed by atoms with Crippen LogP contribution in [0.4, 0.5) is 0 Å². The molecular formula is C30H36N2O2. The maximum Gasteiger partial charge on any atom is 0.226 e. The minimum atomic E-state index is 0.0509. The van der Waals surface area contributed by atoms with Crippen molar-refractivity contribution in [2.75, 3.05) is 13.2 Å². The van der Waals surface area contributed by atoms with Gasteiger partial charge in [0.1, 0.15) is 0 Å². The van der Waals surface area contributed by atoms with Crippen molar-refractivity contribution in [2.45, 2.75) is 69.4 Å². The lowest BCUT2D eigenvalue weighted by molar-refractivity contribution is -0.133. The van der Waals surface area contributed by atoms with E-state index in [0.717, 1.165) is 63.5 Å². The van der Waals surface area contributed by atoms with Gasteiger partial charge in [-0.3, -0.25) is 4.79 Å². The number of hydrogen-bond acceptors (Lipinski definition) is 3. The fraction of sp³-hybridized carbons (Fsp3) is 0.467. The molecule has 2 fully saturated rings. The van der Waals surface area contributed by atoms with E-state index in [2.05, 4.69) is 53.9 Å². The van der Waals surface area contributed by atoms with Crippen molar-refractivity contribution in [1.29, 1.82) is 5.26 Å². The molecule has 0 aromatic heterocycles. The average molecular weight is 457 g/mol. The molecule has 4 rings (SSSR count). The Morgan fingerprint density at radius 1 is 1.06 bits per heavy atom. The summed E-state index contributed by atoms with van der Waals surface area (Å²) in [6.45, 7) is 5.28. The summed E-state index contributed by atoms with van der Waals surface area (Å²) in [7, 11) is 0. The quantitative estimate of drug-likeness (QED) is 0.410. The number of carbonyl (C=O) groups is 1. The zero-order valence-electron chi connectivity index (χ0n) is 20.1. The van der Waals surface area contributed by atoms with Crippen LogP contribution in [-0.4, -0.2) is 36.1 Å². The molecule has 2 aromatic carbocycles. The average Bonchev–Trinajstić information content (AvgIpc) is 3.18. The molecule has 2 aromatic rings. The van der Waals surface area contributed by atoms with Crippen LogP contribution in [-0.2, 0) is 16.0 Å². The number of carbonyl (C=O) groups excluding carboxylic acids is 1. The first kappa shape index (κ1) is 24.2. The molecule has 178 valence electrons. The smallest absolute Gasteiger partial charge is 0.226 e. The molecule has 1 amide bonds. The molecule has 0 bridgehead atoms. The van der Waals surface area contributed by atoms with Crippen molar-refractivity contribution in [1.82, 2.24) is 4.90 Å². The molecule has 34 heavy (non-hydrogen) atoms. The van der Waals surface area contributed by atoms with Gasteiger partial charge in [-0.2, -0.15) is 5.26 Å². The molecule has 2 atom stereocenters. The molecule has 1 saturated heterocycles. The molecule has 1 saturated carbocycles. The fourth-order valence-corrected chi connectivity index (χ4v) is 5.56. The number of aryl methyl sites for hydroxylation is 1. The van der Waals surface area contributed by atoms with Crippen LogP contribution >= 0.6 is 0 Å². The first-order chi connectivity index (χ1) is 16.7. The second kappa shape index (κ2) is 12.0. The predicted molar refractivity (Wildman–Crippen MR) is 135 cm³/mol. The number of likely N-dealkylation sites (tertiary alicyclic amines) is 1. The third-order valence-electron chi connectivity index (χ3n) is 7.50. The van der Waals surface area contributed by atoms with E-state index in [4.69, 9.17) is 10.00 Å². The molecule has 0 spiro atoms. The number of benzene rings is 2. The van der Waals surface area contributed by atoms with E-state index in [-0.39, 0.29) is 24.0 Å². The van der Waals surface area contributed by atoms with Crippen LogP contribution < -0.4 is 0 Å². The van der Waals surface area contributed by atoms with Gasteiger partial charge in [0.25, 0.3) is 0 Å². The summed E-state index contributed by atoms with van der Waals surface area (Å²) in [6.07, 6.45) is 10.1. The van der Waals surface area contributed by atoms with Crippen molar-refractivity contribution < 1.29 is 9.53 Å². The van der Waals surface area contributed by atoms with Gasteiger partial charge in [-0.25, -0.2) is 0 Å². The van der Waals surface area contributed by atoms with Crippen LogP contribution in [0.15, 0.2) is 67.3 Å². The molecule has 4 nitrogen and oxygen atoms in total. The summed E-state index contributed by atoms with van der Waals surface area (Å²) in [5.74, 6) is 0.869. The van der Waals surface area contributed by atoms with Crippen LogP contribution in [0.5, 0.6) is 0 Å². The standard InChI is InChI=1S/C30H36N2O2/c1-2-7-27-20-28(32(30(27)33)19-6-10-23-8-4-3-5-9-23)22-34-29-17-15-26(16-18-29)25-13-11-24(21-31)12-14-25/h2-5,8-9,11-14,26-29H,1,6-7,10,15-20,22H2/t26-,27-,28+,29-/m1/s1. The van der Waals surface area contributed by atoms with E-state index in [9.17, 15) is 4.79 Å². The second-order valence-electron chi connectivity index (χ2n) is 9.77. The highest BCUT2D eigenvalue weighted by Gasteiger charge is 2.38. The molecular weight excluding hydrogens is 420 g/mol. The Bertz CT molecular complexity index is 971. The van der Waals surface area contributed by atoms with E-state index in [1.54, 1.807) is 0 Å². The molecule has 2 aliphatic rings. The summed E-state index contributed by atoms with van der Waals surface area (Å²) in [5, 5.41) is 9.01. The van der Waals surface area contributed by atoms with Crippen molar-refractivity contribution in [3.8, 4) is 6.07 Å². The highest BCUT2D eigenvalue weighted by Crippen LogP contribution is 2.35. The van der Waals surface area contributed by atoms with Gasteiger partial charge >= 0.3 is 0 Å². The van der Waals surface area contributed by atoms with Crippen LogP contribution in [0, 0.1) is 17.2 Å². The predicted octanol–water partition coefficient (Wildman–Crippen LogP) is 6.03. The Hall–Kier alpha value is -2.90. The van der Waals surface area contributed by atoms with E-state index < -0.39 is 0 Å². The lowest BCUT2D eigenvalue weighted by Crippen LogP contribution is -2.38. The normalized spacial score (nSPS) is 24.7. The Balaban J connectivity index is 1.27. The topological polar surface area (TPSA) is 53.3 Å². The van der Waals surface area contributed by atoms with Gasteiger partial charge in [0.05, 0.1) is 30.4 Å². The molecule has 1 aliphatic heterocycles. The number of nitriles is 1. The van der Waals surface area contributed by atoms with Gasteiger partial charge in [0.15, 0.2) is 0 Å². The van der Waals surface area contributed by atoms with Gasteiger partial charge in [0.2, 0.25) is 5.91 Å².